The number of hydrogen-bond acceptors (Lipinski definition) is 8. The summed E-state index contributed by atoms with van der Waals surface area (Å²) in [5.41, 5.74) is 1.67. The van der Waals surface area contributed by atoms with Gasteiger partial charge in [0, 0.05) is 40.8 Å². The van der Waals surface area contributed by atoms with Gasteiger partial charge in [-0.1, -0.05) is 30.3 Å². The summed E-state index contributed by atoms with van der Waals surface area (Å²) in [5.74, 6) is -0.643. The number of carbonyl (C=O) groups is 1. The van der Waals surface area contributed by atoms with Gasteiger partial charge in [0.25, 0.3) is 5.91 Å². The van der Waals surface area contributed by atoms with Crippen molar-refractivity contribution in [3.8, 4) is 5.75 Å². The molecular weight excluding hydrogens is 418 g/mol. The molecule has 0 saturated carbocycles. The van der Waals surface area contributed by atoms with E-state index in [0.717, 1.165) is 10.9 Å². The Morgan fingerprint density at radius 3 is 2.62 bits per heavy atom. The molecule has 10 heteroatoms. The first-order chi connectivity index (χ1) is 15.3. The Balaban J connectivity index is 1.93. The van der Waals surface area contributed by atoms with Gasteiger partial charge in [-0.25, -0.2) is 0 Å². The molecule has 6 N–H and O–H groups in total. The quantitative estimate of drug-likeness (QED) is 0.296. The predicted molar refractivity (Wildman–Crippen MR) is 115 cm³/mol. The molecule has 0 fully saturated rings. The number of amides is 1. The number of fused-ring (bicyclic) bond motifs is 1. The standard InChI is InChI=1S/C22H23N3O7/c1-24-9-15(13-5-2-3-7-16(13)24)19-18(21(28)23-22(19)29)14-6-4-8-17(20(14)25(30)31)32-11-12(27)10-26/h2-9,12,22,26-27,29-31H,10-11H2,1H3,(H,23,28). The van der Waals surface area contributed by atoms with Gasteiger partial charge < -0.3 is 29.9 Å². The van der Waals surface area contributed by atoms with E-state index in [4.69, 9.17) is 9.84 Å². The van der Waals surface area contributed by atoms with Gasteiger partial charge in [-0.2, -0.15) is 0 Å². The van der Waals surface area contributed by atoms with Crippen LogP contribution in [-0.4, -0.2) is 61.8 Å². The van der Waals surface area contributed by atoms with Crippen LogP contribution >= 0.6 is 0 Å². The van der Waals surface area contributed by atoms with E-state index in [1.807, 2.05) is 35.9 Å². The van der Waals surface area contributed by atoms with Crippen LogP contribution in [0.25, 0.3) is 22.0 Å². The Kier molecular flexibility index (Phi) is 5.87. The van der Waals surface area contributed by atoms with Crippen molar-refractivity contribution in [1.29, 1.82) is 0 Å². The Bertz CT molecular complexity index is 1200. The lowest BCUT2D eigenvalue weighted by Gasteiger charge is -2.20. The van der Waals surface area contributed by atoms with Crippen molar-refractivity contribution in [2.24, 2.45) is 7.05 Å². The highest BCUT2D eigenvalue weighted by Gasteiger charge is 2.36. The molecule has 2 aromatic carbocycles. The van der Waals surface area contributed by atoms with Crippen LogP contribution in [0.4, 0.5) is 5.69 Å². The van der Waals surface area contributed by atoms with E-state index < -0.39 is 24.8 Å². The summed E-state index contributed by atoms with van der Waals surface area (Å²) in [7, 11) is 1.85. The monoisotopic (exact) mass is 441 g/mol. The molecule has 0 radical (unpaired) electrons. The van der Waals surface area contributed by atoms with Crippen LogP contribution in [0.3, 0.4) is 0 Å². The molecule has 3 aromatic rings. The molecule has 0 bridgehead atoms. The number of anilines is 1. The van der Waals surface area contributed by atoms with E-state index in [2.05, 4.69) is 5.32 Å². The van der Waals surface area contributed by atoms with Gasteiger partial charge in [0.1, 0.15) is 24.1 Å². The molecular formula is C22H23N3O7. The number of aryl methyl sites for hydroxylation is 1. The van der Waals surface area contributed by atoms with Crippen molar-refractivity contribution >= 4 is 33.6 Å². The molecule has 2 atom stereocenters. The number of aromatic nitrogens is 1. The van der Waals surface area contributed by atoms with Crippen molar-refractivity contribution in [2.45, 2.75) is 12.3 Å². The number of carbonyl (C=O) groups excluding carboxylic acids is 1. The van der Waals surface area contributed by atoms with E-state index in [1.165, 1.54) is 18.2 Å². The summed E-state index contributed by atoms with van der Waals surface area (Å²) in [4.78, 5) is 12.9. The lowest BCUT2D eigenvalue weighted by molar-refractivity contribution is -0.116. The zero-order valence-corrected chi connectivity index (χ0v) is 17.1. The molecule has 1 aliphatic heterocycles. The average molecular weight is 441 g/mol. The first-order valence-electron chi connectivity index (χ1n) is 9.84. The first-order valence-corrected chi connectivity index (χ1v) is 9.84. The number of rotatable bonds is 7. The van der Waals surface area contributed by atoms with Gasteiger partial charge in [-0.15, -0.1) is 5.23 Å². The van der Waals surface area contributed by atoms with Crippen LogP contribution in [0.2, 0.25) is 0 Å². The van der Waals surface area contributed by atoms with Gasteiger partial charge in [0.05, 0.1) is 12.2 Å². The molecule has 1 amide bonds. The van der Waals surface area contributed by atoms with Gasteiger partial charge in [0.2, 0.25) is 0 Å². The lowest BCUT2D eigenvalue weighted by Crippen LogP contribution is -2.28. The highest BCUT2D eigenvalue weighted by molar-refractivity contribution is 6.32. The topological polar surface area (TPSA) is 148 Å². The minimum absolute atomic E-state index is 0.0426. The smallest absolute Gasteiger partial charge is 0.254 e. The largest absolute Gasteiger partial charge is 0.488 e. The summed E-state index contributed by atoms with van der Waals surface area (Å²) in [6, 6.07) is 11.9. The van der Waals surface area contributed by atoms with E-state index in [1.54, 1.807) is 6.20 Å². The molecule has 0 saturated heterocycles. The zero-order valence-electron chi connectivity index (χ0n) is 17.1. The molecule has 1 aromatic heterocycles. The fourth-order valence-electron chi connectivity index (χ4n) is 3.92. The first kappa shape index (κ1) is 21.8. The third kappa shape index (κ3) is 3.70. The Hall–Kier alpha value is -3.41. The molecule has 0 aliphatic carbocycles. The van der Waals surface area contributed by atoms with Gasteiger partial charge >= 0.3 is 0 Å². The summed E-state index contributed by atoms with van der Waals surface area (Å²) < 4.78 is 7.30. The number of benzene rings is 2. The van der Waals surface area contributed by atoms with E-state index in [0.29, 0.717) is 5.56 Å². The van der Waals surface area contributed by atoms with Crippen molar-refractivity contribution in [1.82, 2.24) is 9.88 Å². The van der Waals surface area contributed by atoms with E-state index in [-0.39, 0.29) is 40.0 Å². The second-order valence-corrected chi connectivity index (χ2v) is 7.42. The van der Waals surface area contributed by atoms with Crippen LogP contribution in [-0.2, 0) is 11.8 Å². The van der Waals surface area contributed by atoms with E-state index >= 15 is 0 Å². The summed E-state index contributed by atoms with van der Waals surface area (Å²) in [6.45, 7) is -0.854. The van der Waals surface area contributed by atoms with Crippen molar-refractivity contribution < 1.29 is 35.3 Å². The SMILES string of the molecule is Cn1cc(C2=C(c3cccc(OCC(O)CO)c3N(O)O)C(=O)NC2O)c2ccccc21. The number of ether oxygens (including phenoxy) is 1. The Labute approximate surface area is 182 Å². The van der Waals surface area contributed by atoms with Crippen LogP contribution < -0.4 is 15.3 Å². The molecule has 0 spiro atoms. The highest BCUT2D eigenvalue weighted by Crippen LogP contribution is 2.42. The molecule has 2 heterocycles. The number of hydrogen-bond donors (Lipinski definition) is 6. The number of para-hydroxylation sites is 2. The molecule has 1 aliphatic rings. The number of nitrogens with zero attached hydrogens (tertiary/aromatic N) is 2. The maximum atomic E-state index is 12.9. The molecule has 168 valence electrons. The van der Waals surface area contributed by atoms with Crippen LogP contribution in [0.15, 0.2) is 48.7 Å². The average Bonchev–Trinajstić information content (AvgIpc) is 3.26. The number of aliphatic hydroxyl groups excluding tert-OH is 3. The summed E-state index contributed by atoms with van der Waals surface area (Å²) >= 11 is 0. The Morgan fingerprint density at radius 2 is 1.91 bits per heavy atom. The fourth-order valence-corrected chi connectivity index (χ4v) is 3.92. The summed E-state index contributed by atoms with van der Waals surface area (Å²) in [5, 5.41) is 52.2. The van der Waals surface area contributed by atoms with Gasteiger partial charge in [-0.3, -0.25) is 15.2 Å². The predicted octanol–water partition coefficient (Wildman–Crippen LogP) is 0.854. The normalized spacial score (nSPS) is 17.1. The number of aliphatic hydroxyl groups is 3. The van der Waals surface area contributed by atoms with Gasteiger partial charge in [0.15, 0.2) is 6.23 Å². The van der Waals surface area contributed by atoms with Crippen LogP contribution in [0.5, 0.6) is 5.75 Å². The minimum atomic E-state index is -1.32. The maximum absolute atomic E-state index is 12.9. The maximum Gasteiger partial charge on any atom is 0.254 e. The highest BCUT2D eigenvalue weighted by atomic mass is 16.8. The lowest BCUT2D eigenvalue weighted by atomic mass is 9.94. The van der Waals surface area contributed by atoms with Crippen molar-refractivity contribution in [3.05, 3.63) is 59.8 Å². The minimum Gasteiger partial charge on any atom is -0.488 e. The molecule has 32 heavy (non-hydrogen) atoms. The Morgan fingerprint density at radius 1 is 1.16 bits per heavy atom. The van der Waals surface area contributed by atoms with Crippen LogP contribution in [0.1, 0.15) is 11.1 Å². The van der Waals surface area contributed by atoms with Crippen LogP contribution in [0, 0.1) is 0 Å². The third-order valence-electron chi connectivity index (χ3n) is 5.34. The third-order valence-corrected chi connectivity index (χ3v) is 5.34. The molecule has 10 nitrogen and oxygen atoms in total. The number of nitrogens with one attached hydrogen (secondary N) is 1. The van der Waals surface area contributed by atoms with Gasteiger partial charge in [-0.05, 0) is 12.1 Å². The van der Waals surface area contributed by atoms with Crippen molar-refractivity contribution in [3.63, 3.8) is 0 Å². The second-order valence-electron chi connectivity index (χ2n) is 7.42. The molecule has 4 rings (SSSR count). The molecule has 2 unspecified atom stereocenters. The fraction of sp³-hybridized carbons (Fsp3) is 0.227. The zero-order chi connectivity index (χ0) is 23.0. The second kappa shape index (κ2) is 8.61. The van der Waals surface area contributed by atoms with Crippen molar-refractivity contribution in [2.75, 3.05) is 18.4 Å². The summed E-state index contributed by atoms with van der Waals surface area (Å²) in [6.07, 6.45) is -0.709. The van der Waals surface area contributed by atoms with E-state index in [9.17, 15) is 25.4 Å².